The fourth-order valence-corrected chi connectivity index (χ4v) is 4.55. The molecule has 1 aliphatic heterocycles. The van der Waals surface area contributed by atoms with Gasteiger partial charge in [-0.25, -0.2) is 8.42 Å². The standard InChI is InChI=1S/C13H18BrNO3S/c1-9-8-19(17,18)6-5-15(9)13-4-3-11(10(2)16)7-12(13)14/h3-4,7,9-10,16H,5-6,8H2,1-2H3/t9?,10-/m0/s1. The summed E-state index contributed by atoms with van der Waals surface area (Å²) in [5.41, 5.74) is 1.82. The van der Waals surface area contributed by atoms with Crippen LogP contribution >= 0.6 is 15.9 Å². The molecule has 0 saturated carbocycles. The minimum absolute atomic E-state index is 0.0348. The van der Waals surface area contributed by atoms with E-state index in [1.54, 1.807) is 6.92 Å². The highest BCUT2D eigenvalue weighted by molar-refractivity contribution is 9.10. The second kappa shape index (κ2) is 5.42. The molecule has 1 N–H and O–H groups in total. The summed E-state index contributed by atoms with van der Waals surface area (Å²) in [7, 11) is -2.90. The Bertz CT molecular complexity index is 571. The molecule has 1 heterocycles. The van der Waals surface area contributed by atoms with Crippen LogP contribution in [0.25, 0.3) is 0 Å². The molecule has 0 amide bonds. The lowest BCUT2D eigenvalue weighted by molar-refractivity contribution is 0.199. The van der Waals surface area contributed by atoms with Gasteiger partial charge in [-0.2, -0.15) is 0 Å². The van der Waals surface area contributed by atoms with Gasteiger partial charge in [0.2, 0.25) is 0 Å². The lowest BCUT2D eigenvalue weighted by Crippen LogP contribution is -2.47. The molecule has 1 fully saturated rings. The molecule has 106 valence electrons. The highest BCUT2D eigenvalue weighted by atomic mass is 79.9. The van der Waals surface area contributed by atoms with Crippen molar-refractivity contribution in [1.82, 2.24) is 0 Å². The molecule has 6 heteroatoms. The Morgan fingerprint density at radius 3 is 2.68 bits per heavy atom. The summed E-state index contributed by atoms with van der Waals surface area (Å²) in [4.78, 5) is 2.09. The van der Waals surface area contributed by atoms with Gasteiger partial charge in [0.15, 0.2) is 9.84 Å². The van der Waals surface area contributed by atoms with Gasteiger partial charge in [0, 0.05) is 17.1 Å². The number of aliphatic hydroxyl groups excluding tert-OH is 1. The average Bonchev–Trinajstić information content (AvgIpc) is 2.29. The van der Waals surface area contributed by atoms with E-state index in [9.17, 15) is 13.5 Å². The summed E-state index contributed by atoms with van der Waals surface area (Å²) in [6.07, 6.45) is -0.510. The van der Waals surface area contributed by atoms with Crippen LogP contribution in [0.15, 0.2) is 22.7 Å². The van der Waals surface area contributed by atoms with E-state index >= 15 is 0 Å². The third-order valence-corrected chi connectivity index (χ3v) is 5.86. The maximum atomic E-state index is 11.6. The van der Waals surface area contributed by atoms with Crippen LogP contribution in [0.1, 0.15) is 25.5 Å². The second-order valence-corrected chi connectivity index (χ2v) is 8.13. The maximum absolute atomic E-state index is 11.6. The molecule has 1 aromatic rings. The van der Waals surface area contributed by atoms with E-state index in [0.717, 1.165) is 15.7 Å². The van der Waals surface area contributed by atoms with Gasteiger partial charge in [0.05, 0.1) is 23.3 Å². The molecule has 4 nitrogen and oxygen atoms in total. The third kappa shape index (κ3) is 3.30. The van der Waals surface area contributed by atoms with E-state index in [-0.39, 0.29) is 17.5 Å². The summed E-state index contributed by atoms with van der Waals surface area (Å²) in [5, 5.41) is 9.56. The van der Waals surface area contributed by atoms with Gasteiger partial charge in [-0.15, -0.1) is 0 Å². The number of rotatable bonds is 2. The Hall–Kier alpha value is -0.590. The van der Waals surface area contributed by atoms with Crippen molar-refractivity contribution in [2.75, 3.05) is 23.0 Å². The predicted octanol–water partition coefficient (Wildman–Crippen LogP) is 2.13. The van der Waals surface area contributed by atoms with Crippen molar-refractivity contribution >= 4 is 31.5 Å². The second-order valence-electron chi connectivity index (χ2n) is 5.04. The molecule has 0 aromatic heterocycles. The first-order valence-electron chi connectivity index (χ1n) is 6.25. The predicted molar refractivity (Wildman–Crippen MR) is 80.2 cm³/mol. The molecule has 1 aliphatic rings. The summed E-state index contributed by atoms with van der Waals surface area (Å²) >= 11 is 3.50. The van der Waals surface area contributed by atoms with E-state index in [1.807, 2.05) is 25.1 Å². The zero-order valence-corrected chi connectivity index (χ0v) is 13.4. The van der Waals surface area contributed by atoms with Crippen LogP contribution in [0.4, 0.5) is 5.69 Å². The first kappa shape index (κ1) is 14.8. The van der Waals surface area contributed by atoms with Crippen molar-refractivity contribution < 1.29 is 13.5 Å². The van der Waals surface area contributed by atoms with Crippen molar-refractivity contribution in [3.63, 3.8) is 0 Å². The number of halogens is 1. The Morgan fingerprint density at radius 2 is 2.16 bits per heavy atom. The van der Waals surface area contributed by atoms with E-state index in [4.69, 9.17) is 0 Å². The van der Waals surface area contributed by atoms with Crippen molar-refractivity contribution in [3.8, 4) is 0 Å². The molecule has 0 spiro atoms. The zero-order valence-electron chi connectivity index (χ0n) is 11.0. The molecule has 0 aliphatic carbocycles. The number of aliphatic hydroxyl groups is 1. The van der Waals surface area contributed by atoms with Crippen molar-refractivity contribution in [3.05, 3.63) is 28.2 Å². The molecule has 19 heavy (non-hydrogen) atoms. The number of hydrogen-bond donors (Lipinski definition) is 1. The number of nitrogens with zero attached hydrogens (tertiary/aromatic N) is 1. The first-order chi connectivity index (χ1) is 8.80. The van der Waals surface area contributed by atoms with Crippen molar-refractivity contribution in [2.45, 2.75) is 26.0 Å². The van der Waals surface area contributed by atoms with E-state index < -0.39 is 15.9 Å². The van der Waals surface area contributed by atoms with Crippen LogP contribution in [-0.4, -0.2) is 37.6 Å². The summed E-state index contributed by atoms with van der Waals surface area (Å²) in [5.74, 6) is 0.388. The van der Waals surface area contributed by atoms with Crippen molar-refractivity contribution in [2.24, 2.45) is 0 Å². The fraction of sp³-hybridized carbons (Fsp3) is 0.538. The fourth-order valence-electron chi connectivity index (χ4n) is 2.37. The van der Waals surface area contributed by atoms with E-state index in [0.29, 0.717) is 6.54 Å². The number of sulfone groups is 1. The normalized spacial score (nSPS) is 24.2. The maximum Gasteiger partial charge on any atom is 0.154 e. The number of hydrogen-bond acceptors (Lipinski definition) is 4. The van der Waals surface area contributed by atoms with Gasteiger partial charge < -0.3 is 10.0 Å². The lowest BCUT2D eigenvalue weighted by atomic mass is 10.1. The Morgan fingerprint density at radius 1 is 1.47 bits per heavy atom. The molecule has 0 bridgehead atoms. The summed E-state index contributed by atoms with van der Waals surface area (Å²) < 4.78 is 24.1. The zero-order chi connectivity index (χ0) is 14.2. The summed E-state index contributed by atoms with van der Waals surface area (Å²) in [6.45, 7) is 4.15. The van der Waals surface area contributed by atoms with Gasteiger partial charge in [0.1, 0.15) is 0 Å². The topological polar surface area (TPSA) is 57.6 Å². The smallest absolute Gasteiger partial charge is 0.154 e. The van der Waals surface area contributed by atoms with Gasteiger partial charge in [-0.3, -0.25) is 0 Å². The minimum atomic E-state index is -2.90. The van der Waals surface area contributed by atoms with Gasteiger partial charge in [-0.1, -0.05) is 6.07 Å². The highest BCUT2D eigenvalue weighted by Gasteiger charge is 2.29. The van der Waals surface area contributed by atoms with Crippen LogP contribution in [-0.2, 0) is 9.84 Å². The molecular weight excluding hydrogens is 330 g/mol. The monoisotopic (exact) mass is 347 g/mol. The lowest BCUT2D eigenvalue weighted by Gasteiger charge is -2.35. The van der Waals surface area contributed by atoms with Crippen LogP contribution < -0.4 is 4.90 Å². The third-order valence-electron chi connectivity index (χ3n) is 3.43. The molecule has 2 rings (SSSR count). The number of anilines is 1. The Balaban J connectivity index is 2.28. The minimum Gasteiger partial charge on any atom is -0.389 e. The molecule has 1 saturated heterocycles. The van der Waals surface area contributed by atoms with Gasteiger partial charge in [-0.05, 0) is 47.5 Å². The molecule has 1 aromatic carbocycles. The van der Waals surface area contributed by atoms with Crippen LogP contribution in [0.2, 0.25) is 0 Å². The largest absolute Gasteiger partial charge is 0.389 e. The Kier molecular flexibility index (Phi) is 4.23. The quantitative estimate of drug-likeness (QED) is 0.890. The molecular formula is C13H18BrNO3S. The van der Waals surface area contributed by atoms with Crippen LogP contribution in [0.5, 0.6) is 0 Å². The molecule has 0 radical (unpaired) electrons. The van der Waals surface area contributed by atoms with Gasteiger partial charge in [0.25, 0.3) is 0 Å². The molecule has 2 atom stereocenters. The van der Waals surface area contributed by atoms with Crippen LogP contribution in [0, 0.1) is 0 Å². The first-order valence-corrected chi connectivity index (χ1v) is 8.86. The number of benzene rings is 1. The highest BCUT2D eigenvalue weighted by Crippen LogP contribution is 2.32. The van der Waals surface area contributed by atoms with E-state index in [2.05, 4.69) is 20.8 Å². The van der Waals surface area contributed by atoms with Crippen molar-refractivity contribution in [1.29, 1.82) is 0 Å². The SMILES string of the molecule is CC1CS(=O)(=O)CCN1c1ccc([C@H](C)O)cc1Br. The van der Waals surface area contributed by atoms with E-state index in [1.165, 1.54) is 0 Å². The van der Waals surface area contributed by atoms with Gasteiger partial charge >= 0.3 is 0 Å². The summed E-state index contributed by atoms with van der Waals surface area (Å²) in [6, 6.07) is 5.66. The Labute approximate surface area is 122 Å². The van der Waals surface area contributed by atoms with Crippen LogP contribution in [0.3, 0.4) is 0 Å². The molecule has 1 unspecified atom stereocenters. The average molecular weight is 348 g/mol.